The van der Waals surface area contributed by atoms with Crippen LogP contribution in [0.3, 0.4) is 0 Å². The average Bonchev–Trinajstić information content (AvgIpc) is 2.91. The Bertz CT molecular complexity index is 207. The number of likely N-dealkylation sites (tertiary alicyclic amines) is 1. The van der Waals surface area contributed by atoms with Crippen molar-refractivity contribution in [3.63, 3.8) is 0 Å². The summed E-state index contributed by atoms with van der Waals surface area (Å²) in [4.78, 5) is 2.04. The van der Waals surface area contributed by atoms with E-state index in [-0.39, 0.29) is 6.61 Å². The van der Waals surface area contributed by atoms with Gasteiger partial charge in [-0.1, -0.05) is 0 Å². The summed E-state index contributed by atoms with van der Waals surface area (Å²) < 4.78 is 0. The first-order valence-electron chi connectivity index (χ1n) is 4.83. The maximum Gasteiger partial charge on any atom is 0.101 e. The lowest BCUT2D eigenvalue weighted by molar-refractivity contribution is -0.0300. The average molecular weight is 187 g/mol. The van der Waals surface area contributed by atoms with E-state index in [2.05, 4.69) is 0 Å². The van der Waals surface area contributed by atoms with Crippen LogP contribution in [0.25, 0.3) is 0 Å². The maximum absolute atomic E-state index is 9.71. The lowest BCUT2D eigenvalue weighted by atomic mass is 9.96. The van der Waals surface area contributed by atoms with E-state index in [4.69, 9.17) is 0 Å². The topological polar surface area (TPSA) is 63.9 Å². The van der Waals surface area contributed by atoms with Crippen molar-refractivity contribution in [2.24, 2.45) is 0 Å². The highest BCUT2D eigenvalue weighted by Gasteiger charge is 2.53. The minimum absolute atomic E-state index is 0.0955. The van der Waals surface area contributed by atoms with Gasteiger partial charge in [0.2, 0.25) is 0 Å². The fourth-order valence-corrected chi connectivity index (χ4v) is 2.23. The quantitative estimate of drug-likeness (QED) is 0.515. The Morgan fingerprint density at radius 2 is 2.00 bits per heavy atom. The second-order valence-electron chi connectivity index (χ2n) is 4.41. The molecule has 2 fully saturated rings. The number of aliphatic hydroxyl groups excluding tert-OH is 3. The molecule has 0 amide bonds. The number of aliphatic hydroxyl groups is 3. The molecule has 13 heavy (non-hydrogen) atoms. The highest BCUT2D eigenvalue weighted by atomic mass is 16.3. The van der Waals surface area contributed by atoms with Crippen LogP contribution in [0.4, 0.5) is 0 Å². The third-order valence-corrected chi connectivity index (χ3v) is 3.35. The Morgan fingerprint density at radius 1 is 1.38 bits per heavy atom. The van der Waals surface area contributed by atoms with Gasteiger partial charge in [-0.25, -0.2) is 0 Å². The van der Waals surface area contributed by atoms with Gasteiger partial charge in [-0.15, -0.1) is 0 Å². The van der Waals surface area contributed by atoms with E-state index in [1.807, 2.05) is 11.8 Å². The van der Waals surface area contributed by atoms with Gasteiger partial charge in [-0.3, -0.25) is 4.90 Å². The molecule has 3 unspecified atom stereocenters. The predicted octanol–water partition coefficient (Wildman–Crippen LogP) is -1.06. The minimum atomic E-state index is -0.821. The summed E-state index contributed by atoms with van der Waals surface area (Å²) in [6.07, 6.45) is 0.709. The predicted molar refractivity (Wildman–Crippen MR) is 47.2 cm³/mol. The molecule has 0 bridgehead atoms. The molecule has 1 saturated carbocycles. The van der Waals surface area contributed by atoms with Crippen molar-refractivity contribution in [3.05, 3.63) is 0 Å². The van der Waals surface area contributed by atoms with Crippen molar-refractivity contribution in [2.75, 3.05) is 13.2 Å². The van der Waals surface area contributed by atoms with Gasteiger partial charge in [0.15, 0.2) is 0 Å². The molecule has 2 rings (SSSR count). The second-order valence-corrected chi connectivity index (χ2v) is 4.41. The standard InChI is InChI=1S/C9H17NO3/c1-9(5-11)8(13)7(12)4-10(9)6-2-3-6/h6-8,11-13H,2-5H2,1H3. The summed E-state index contributed by atoms with van der Waals surface area (Å²) in [5.74, 6) is 0. The van der Waals surface area contributed by atoms with Crippen LogP contribution >= 0.6 is 0 Å². The van der Waals surface area contributed by atoms with Crippen LogP contribution in [0.2, 0.25) is 0 Å². The molecule has 1 aliphatic carbocycles. The third kappa shape index (κ3) is 1.29. The molecule has 76 valence electrons. The molecule has 0 aromatic carbocycles. The zero-order chi connectivity index (χ0) is 9.64. The number of hydrogen-bond donors (Lipinski definition) is 3. The Balaban J connectivity index is 2.18. The van der Waals surface area contributed by atoms with E-state index in [9.17, 15) is 15.3 Å². The number of nitrogens with zero attached hydrogens (tertiary/aromatic N) is 1. The molecule has 0 aromatic heterocycles. The maximum atomic E-state index is 9.71. The van der Waals surface area contributed by atoms with Crippen LogP contribution in [0, 0.1) is 0 Å². The second kappa shape index (κ2) is 2.92. The van der Waals surface area contributed by atoms with Crippen LogP contribution in [-0.4, -0.2) is 57.2 Å². The Hall–Kier alpha value is -0.160. The van der Waals surface area contributed by atoms with Crippen molar-refractivity contribution in [1.82, 2.24) is 4.90 Å². The molecule has 0 aromatic rings. The Morgan fingerprint density at radius 3 is 2.46 bits per heavy atom. The van der Waals surface area contributed by atoms with Gasteiger partial charge in [0.25, 0.3) is 0 Å². The first-order chi connectivity index (χ1) is 6.09. The number of β-amino-alcohol motifs (C(OH)–C–C–N with tert-alkyl or cyclic N) is 1. The molecular weight excluding hydrogens is 170 g/mol. The van der Waals surface area contributed by atoms with E-state index in [1.165, 1.54) is 0 Å². The van der Waals surface area contributed by atoms with Gasteiger partial charge < -0.3 is 15.3 Å². The molecule has 3 atom stereocenters. The third-order valence-electron chi connectivity index (χ3n) is 3.35. The summed E-state index contributed by atoms with van der Waals surface area (Å²) in [5.41, 5.74) is -0.638. The molecule has 4 nitrogen and oxygen atoms in total. The first-order valence-corrected chi connectivity index (χ1v) is 4.83. The van der Waals surface area contributed by atoms with E-state index < -0.39 is 17.7 Å². The molecule has 2 aliphatic rings. The van der Waals surface area contributed by atoms with Crippen molar-refractivity contribution in [1.29, 1.82) is 0 Å². The van der Waals surface area contributed by atoms with E-state index >= 15 is 0 Å². The Kier molecular flexibility index (Phi) is 2.11. The monoisotopic (exact) mass is 187 g/mol. The van der Waals surface area contributed by atoms with Gasteiger partial charge in [0.05, 0.1) is 18.2 Å². The van der Waals surface area contributed by atoms with Crippen molar-refractivity contribution in [2.45, 2.75) is 43.6 Å². The molecule has 1 heterocycles. The molecular formula is C9H17NO3. The summed E-state index contributed by atoms with van der Waals surface area (Å²) in [7, 11) is 0. The lowest BCUT2D eigenvalue weighted by Gasteiger charge is -2.35. The van der Waals surface area contributed by atoms with Crippen molar-refractivity contribution < 1.29 is 15.3 Å². The normalized spacial score (nSPS) is 47.1. The molecule has 1 saturated heterocycles. The van der Waals surface area contributed by atoms with E-state index in [0.717, 1.165) is 12.8 Å². The van der Waals surface area contributed by atoms with Gasteiger partial charge >= 0.3 is 0 Å². The van der Waals surface area contributed by atoms with Gasteiger partial charge in [0.1, 0.15) is 6.10 Å². The van der Waals surface area contributed by atoms with Crippen molar-refractivity contribution in [3.8, 4) is 0 Å². The van der Waals surface area contributed by atoms with Gasteiger partial charge in [-0.05, 0) is 19.8 Å². The van der Waals surface area contributed by atoms with E-state index in [1.54, 1.807) is 0 Å². The molecule has 0 radical (unpaired) electrons. The Labute approximate surface area is 77.8 Å². The van der Waals surface area contributed by atoms with Crippen LogP contribution in [0.15, 0.2) is 0 Å². The number of hydrogen-bond acceptors (Lipinski definition) is 4. The van der Waals surface area contributed by atoms with Crippen molar-refractivity contribution >= 4 is 0 Å². The minimum Gasteiger partial charge on any atom is -0.394 e. The van der Waals surface area contributed by atoms with Crippen LogP contribution in [0.1, 0.15) is 19.8 Å². The van der Waals surface area contributed by atoms with Gasteiger partial charge in [0, 0.05) is 12.6 Å². The molecule has 3 N–H and O–H groups in total. The smallest absolute Gasteiger partial charge is 0.101 e. The summed E-state index contributed by atoms with van der Waals surface area (Å²) in [5, 5.41) is 28.5. The summed E-state index contributed by atoms with van der Waals surface area (Å²) in [6.45, 7) is 2.21. The molecule has 1 aliphatic heterocycles. The summed E-state index contributed by atoms with van der Waals surface area (Å²) in [6, 6.07) is 0.462. The highest BCUT2D eigenvalue weighted by molar-refractivity contribution is 5.08. The molecule has 4 heteroatoms. The van der Waals surface area contributed by atoms with Crippen LogP contribution < -0.4 is 0 Å². The zero-order valence-corrected chi connectivity index (χ0v) is 7.85. The fourth-order valence-electron chi connectivity index (χ4n) is 2.23. The number of rotatable bonds is 2. The van der Waals surface area contributed by atoms with E-state index in [0.29, 0.717) is 12.6 Å². The fraction of sp³-hybridized carbons (Fsp3) is 1.00. The van der Waals surface area contributed by atoms with Gasteiger partial charge in [-0.2, -0.15) is 0 Å². The SMILES string of the molecule is CC1(CO)C(O)C(O)CN1C1CC1. The first kappa shape index (κ1) is 9.40. The van der Waals surface area contributed by atoms with Crippen LogP contribution in [0.5, 0.6) is 0 Å². The van der Waals surface area contributed by atoms with Crippen LogP contribution in [-0.2, 0) is 0 Å². The summed E-state index contributed by atoms with van der Waals surface area (Å²) >= 11 is 0. The lowest BCUT2D eigenvalue weighted by Crippen LogP contribution is -2.52. The highest BCUT2D eigenvalue weighted by Crippen LogP contribution is 2.39. The largest absolute Gasteiger partial charge is 0.394 e. The zero-order valence-electron chi connectivity index (χ0n) is 7.85. The molecule has 0 spiro atoms.